The fourth-order valence-corrected chi connectivity index (χ4v) is 5.54. The lowest BCUT2D eigenvalue weighted by Gasteiger charge is -2.32. The highest BCUT2D eigenvalue weighted by atomic mass is 32.2. The minimum Gasteiger partial charge on any atom is -0.328 e. The molecule has 4 rings (SSSR count). The summed E-state index contributed by atoms with van der Waals surface area (Å²) in [7, 11) is -3.44. The number of hydrogen-bond donors (Lipinski definition) is 1. The molecule has 0 atom stereocenters. The molecule has 2 aromatic rings. The summed E-state index contributed by atoms with van der Waals surface area (Å²) < 4.78 is 26.8. The molecule has 0 radical (unpaired) electrons. The molecular weight excluding hydrogens is 388 g/mol. The van der Waals surface area contributed by atoms with Gasteiger partial charge >= 0.3 is 0 Å². The maximum absolute atomic E-state index is 12.8. The van der Waals surface area contributed by atoms with Crippen LogP contribution in [0.4, 0.5) is 0 Å². The molecule has 1 aromatic heterocycles. The highest BCUT2D eigenvalue weighted by Gasteiger charge is 2.28. The lowest BCUT2D eigenvalue weighted by molar-refractivity contribution is -0.917. The van der Waals surface area contributed by atoms with Gasteiger partial charge in [-0.1, -0.05) is 0 Å². The fraction of sp³-hybridized carbons (Fsp3) is 0.429. The smallest absolute Gasteiger partial charge is 0.254 e. The van der Waals surface area contributed by atoms with Crippen LogP contribution in [0.3, 0.4) is 0 Å². The predicted octanol–water partition coefficient (Wildman–Crippen LogP) is 0.407. The quantitative estimate of drug-likeness (QED) is 0.768. The molecule has 154 valence electrons. The molecule has 0 unspecified atom stereocenters. The second-order valence-corrected chi connectivity index (χ2v) is 9.65. The van der Waals surface area contributed by atoms with Crippen LogP contribution in [0, 0.1) is 0 Å². The van der Waals surface area contributed by atoms with Crippen molar-refractivity contribution in [3.63, 3.8) is 0 Å². The summed E-state index contributed by atoms with van der Waals surface area (Å²) in [6, 6.07) is 10.5. The summed E-state index contributed by atoms with van der Waals surface area (Å²) in [5, 5.41) is 0. The number of piperazine rings is 1. The summed E-state index contributed by atoms with van der Waals surface area (Å²) in [4.78, 5) is 20.5. The Morgan fingerprint density at radius 1 is 0.931 bits per heavy atom. The highest BCUT2D eigenvalue weighted by molar-refractivity contribution is 7.89. The molecule has 0 spiro atoms. The van der Waals surface area contributed by atoms with Gasteiger partial charge in [-0.3, -0.25) is 9.78 Å². The van der Waals surface area contributed by atoms with Crippen molar-refractivity contribution in [1.29, 1.82) is 0 Å². The molecular formula is C21H27N4O3S+. The number of rotatable bonds is 5. The van der Waals surface area contributed by atoms with Crippen molar-refractivity contribution < 1.29 is 18.1 Å². The highest BCUT2D eigenvalue weighted by Crippen LogP contribution is 2.21. The van der Waals surface area contributed by atoms with Gasteiger partial charge in [-0.2, -0.15) is 4.31 Å². The van der Waals surface area contributed by atoms with E-state index in [1.165, 1.54) is 14.8 Å². The van der Waals surface area contributed by atoms with E-state index in [0.29, 0.717) is 31.7 Å². The van der Waals surface area contributed by atoms with Crippen LogP contribution < -0.4 is 4.90 Å². The third-order valence-electron chi connectivity index (χ3n) is 5.77. The Kier molecular flexibility index (Phi) is 5.94. The van der Waals surface area contributed by atoms with Crippen LogP contribution in [-0.4, -0.2) is 67.8 Å². The lowest BCUT2D eigenvalue weighted by Crippen LogP contribution is -3.13. The van der Waals surface area contributed by atoms with Gasteiger partial charge in [0.1, 0.15) is 6.54 Å². The zero-order chi connectivity index (χ0) is 20.3. The first-order valence-electron chi connectivity index (χ1n) is 10.2. The van der Waals surface area contributed by atoms with Crippen molar-refractivity contribution in [1.82, 2.24) is 14.2 Å². The van der Waals surface area contributed by atoms with Gasteiger partial charge in [0.2, 0.25) is 10.0 Å². The standard InChI is InChI=1S/C21H26N4O3S/c26-21(24-15-13-23(14-16-24)17-18-7-9-22-10-8-18)19-3-5-20(6-4-19)29(27,28)25-11-1-2-12-25/h3-10H,1-2,11-17H2/p+1. The number of pyridine rings is 1. The molecule has 0 aliphatic carbocycles. The van der Waals surface area contributed by atoms with Gasteiger partial charge in [0, 0.05) is 36.6 Å². The van der Waals surface area contributed by atoms with E-state index in [1.807, 2.05) is 29.4 Å². The monoisotopic (exact) mass is 415 g/mol. The molecule has 0 saturated carbocycles. The molecule has 2 fully saturated rings. The summed E-state index contributed by atoms with van der Waals surface area (Å²) in [5.74, 6) is -0.0296. The lowest BCUT2D eigenvalue weighted by atomic mass is 10.1. The van der Waals surface area contributed by atoms with E-state index in [1.54, 1.807) is 24.3 Å². The predicted molar refractivity (Wildman–Crippen MR) is 109 cm³/mol. The Hall–Kier alpha value is -2.29. The van der Waals surface area contributed by atoms with E-state index in [9.17, 15) is 13.2 Å². The minimum absolute atomic E-state index is 0.0296. The van der Waals surface area contributed by atoms with Crippen LogP contribution in [-0.2, 0) is 16.6 Å². The van der Waals surface area contributed by atoms with E-state index in [2.05, 4.69) is 4.98 Å². The van der Waals surface area contributed by atoms with Gasteiger partial charge in [-0.05, 0) is 49.2 Å². The zero-order valence-electron chi connectivity index (χ0n) is 16.5. The number of benzene rings is 1. The summed E-state index contributed by atoms with van der Waals surface area (Å²) >= 11 is 0. The Labute approximate surface area is 172 Å². The van der Waals surface area contributed by atoms with E-state index >= 15 is 0 Å². The molecule has 29 heavy (non-hydrogen) atoms. The number of carbonyl (C=O) groups is 1. The van der Waals surface area contributed by atoms with Crippen LogP contribution in [0.1, 0.15) is 28.8 Å². The first-order valence-corrected chi connectivity index (χ1v) is 11.6. The van der Waals surface area contributed by atoms with Crippen LogP contribution >= 0.6 is 0 Å². The molecule has 0 bridgehead atoms. The van der Waals surface area contributed by atoms with Gasteiger partial charge in [-0.25, -0.2) is 8.42 Å². The topological polar surface area (TPSA) is 75.0 Å². The molecule has 2 aliphatic heterocycles. The molecule has 2 aliphatic rings. The average molecular weight is 416 g/mol. The zero-order valence-corrected chi connectivity index (χ0v) is 17.3. The second kappa shape index (κ2) is 8.61. The van der Waals surface area contributed by atoms with E-state index in [4.69, 9.17) is 0 Å². The van der Waals surface area contributed by atoms with Gasteiger partial charge in [0.05, 0.1) is 31.1 Å². The number of hydrogen-bond acceptors (Lipinski definition) is 4. The molecule has 1 N–H and O–H groups in total. The first kappa shape index (κ1) is 20.0. The number of amides is 1. The fourth-order valence-electron chi connectivity index (χ4n) is 4.02. The summed E-state index contributed by atoms with van der Waals surface area (Å²) in [5.41, 5.74) is 1.80. The Morgan fingerprint density at radius 2 is 1.55 bits per heavy atom. The number of nitrogens with one attached hydrogen (secondary N) is 1. The van der Waals surface area contributed by atoms with E-state index in [0.717, 1.165) is 32.5 Å². The maximum atomic E-state index is 12.8. The largest absolute Gasteiger partial charge is 0.328 e. The SMILES string of the molecule is O=C(c1ccc(S(=O)(=O)N2CCCC2)cc1)N1CC[NH+](Cc2ccncc2)CC1. The van der Waals surface area contributed by atoms with Crippen LogP contribution in [0.5, 0.6) is 0 Å². The van der Waals surface area contributed by atoms with Crippen molar-refractivity contribution in [3.05, 3.63) is 59.9 Å². The van der Waals surface area contributed by atoms with Crippen LogP contribution in [0.2, 0.25) is 0 Å². The molecule has 7 nitrogen and oxygen atoms in total. The van der Waals surface area contributed by atoms with Gasteiger partial charge in [0.15, 0.2) is 0 Å². The number of aromatic nitrogens is 1. The third-order valence-corrected chi connectivity index (χ3v) is 7.68. The van der Waals surface area contributed by atoms with Crippen molar-refractivity contribution in [3.8, 4) is 0 Å². The van der Waals surface area contributed by atoms with Crippen molar-refractivity contribution in [2.45, 2.75) is 24.3 Å². The second-order valence-electron chi connectivity index (χ2n) is 7.71. The Balaban J connectivity index is 1.35. The van der Waals surface area contributed by atoms with Crippen molar-refractivity contribution in [2.24, 2.45) is 0 Å². The van der Waals surface area contributed by atoms with Crippen LogP contribution in [0.15, 0.2) is 53.7 Å². The molecule has 2 saturated heterocycles. The summed E-state index contributed by atoms with van der Waals surface area (Å²) in [6.07, 6.45) is 5.43. The molecule has 1 amide bonds. The van der Waals surface area contributed by atoms with Gasteiger partial charge in [0.25, 0.3) is 5.91 Å². The summed E-state index contributed by atoms with van der Waals surface area (Å²) in [6.45, 7) is 5.29. The van der Waals surface area contributed by atoms with Gasteiger partial charge in [-0.15, -0.1) is 0 Å². The number of carbonyl (C=O) groups excluding carboxylic acids is 1. The Bertz CT molecular complexity index is 934. The average Bonchev–Trinajstić information content (AvgIpc) is 3.31. The molecule has 3 heterocycles. The van der Waals surface area contributed by atoms with E-state index in [-0.39, 0.29) is 10.8 Å². The Morgan fingerprint density at radius 3 is 2.17 bits per heavy atom. The van der Waals surface area contributed by atoms with Crippen LogP contribution in [0.25, 0.3) is 0 Å². The first-order chi connectivity index (χ1) is 14.0. The van der Waals surface area contributed by atoms with Crippen molar-refractivity contribution in [2.75, 3.05) is 39.3 Å². The molecule has 8 heteroatoms. The van der Waals surface area contributed by atoms with Gasteiger partial charge < -0.3 is 9.80 Å². The molecule has 1 aromatic carbocycles. The maximum Gasteiger partial charge on any atom is 0.254 e. The number of quaternary nitrogens is 1. The van der Waals surface area contributed by atoms with E-state index < -0.39 is 10.0 Å². The van der Waals surface area contributed by atoms with Crippen molar-refractivity contribution >= 4 is 15.9 Å². The number of nitrogens with zero attached hydrogens (tertiary/aromatic N) is 3. The third kappa shape index (κ3) is 4.49. The normalized spacial score (nSPS) is 18.8. The number of sulfonamides is 1. The minimum atomic E-state index is -3.44.